The summed E-state index contributed by atoms with van der Waals surface area (Å²) in [5, 5.41) is 2.81. The number of anilines is 1. The molecule has 1 N–H and O–H groups in total. The van der Waals surface area contributed by atoms with E-state index >= 15 is 0 Å². The summed E-state index contributed by atoms with van der Waals surface area (Å²) >= 11 is 0. The highest BCUT2D eigenvalue weighted by Crippen LogP contribution is 2.18. The minimum Gasteiger partial charge on any atom is -0.380 e. The van der Waals surface area contributed by atoms with Crippen molar-refractivity contribution in [2.24, 2.45) is 0 Å². The van der Waals surface area contributed by atoms with Gasteiger partial charge in [-0.3, -0.25) is 4.79 Å². The van der Waals surface area contributed by atoms with E-state index in [4.69, 9.17) is 4.74 Å². The number of ether oxygens (including phenoxy) is 1. The number of hydrogen-bond donors (Lipinski definition) is 1. The lowest BCUT2D eigenvalue weighted by atomic mass is 10.2. The molecule has 0 aliphatic carbocycles. The van der Waals surface area contributed by atoms with Crippen molar-refractivity contribution in [3.8, 4) is 0 Å². The molecule has 0 bridgehead atoms. The van der Waals surface area contributed by atoms with Crippen LogP contribution in [-0.2, 0) is 21.4 Å². The Kier molecular flexibility index (Phi) is 6.90. The van der Waals surface area contributed by atoms with E-state index in [0.717, 1.165) is 5.56 Å². The highest BCUT2D eigenvalue weighted by atomic mass is 32.2. The number of hydrogen-bond acceptors (Lipinski definition) is 4. The van der Waals surface area contributed by atoms with Crippen molar-refractivity contribution in [1.82, 2.24) is 4.31 Å². The normalized spacial score (nSPS) is 11.5. The number of nitrogens with one attached hydrogen (secondary N) is 1. The van der Waals surface area contributed by atoms with Gasteiger partial charge in [-0.05, 0) is 42.0 Å². The largest absolute Gasteiger partial charge is 0.380 e. The predicted molar refractivity (Wildman–Crippen MR) is 102 cm³/mol. The monoisotopic (exact) mass is 376 g/mol. The maximum Gasteiger partial charge on any atom is 0.255 e. The van der Waals surface area contributed by atoms with Gasteiger partial charge in [-0.15, -0.1) is 0 Å². The van der Waals surface area contributed by atoms with Gasteiger partial charge in [-0.25, -0.2) is 8.42 Å². The summed E-state index contributed by atoms with van der Waals surface area (Å²) in [7, 11) is -1.92. The van der Waals surface area contributed by atoms with Crippen molar-refractivity contribution < 1.29 is 17.9 Å². The van der Waals surface area contributed by atoms with Crippen molar-refractivity contribution >= 4 is 21.6 Å². The Hall–Kier alpha value is -2.22. The Morgan fingerprint density at radius 1 is 1.08 bits per heavy atom. The number of carbonyl (C=O) groups is 1. The van der Waals surface area contributed by atoms with Gasteiger partial charge in [0.25, 0.3) is 5.91 Å². The van der Waals surface area contributed by atoms with Gasteiger partial charge in [-0.1, -0.05) is 26.0 Å². The van der Waals surface area contributed by atoms with Gasteiger partial charge in [0.05, 0.1) is 11.5 Å². The molecule has 0 unspecified atom stereocenters. The van der Waals surface area contributed by atoms with E-state index in [1.165, 1.54) is 28.6 Å². The molecule has 2 rings (SSSR count). The maximum absolute atomic E-state index is 12.5. The Bertz CT molecular complexity index is 844. The molecule has 0 aliphatic rings. The molecule has 0 saturated carbocycles. The molecular weight excluding hydrogens is 352 g/mol. The smallest absolute Gasteiger partial charge is 0.255 e. The van der Waals surface area contributed by atoms with Crippen LogP contribution >= 0.6 is 0 Å². The SMILES string of the molecule is CCN(CC)S(=O)(=O)c1ccc(C(=O)Nc2cccc(COC)c2)cc1. The number of rotatable bonds is 8. The standard InChI is InChI=1S/C19H24N2O4S/c1-4-21(5-2)26(23,24)18-11-9-16(10-12-18)19(22)20-17-8-6-7-15(13-17)14-25-3/h6-13H,4-5,14H2,1-3H3,(H,20,22). The van der Waals surface area contributed by atoms with Crippen LogP contribution in [0.1, 0.15) is 29.8 Å². The molecule has 26 heavy (non-hydrogen) atoms. The molecule has 7 heteroatoms. The third-order valence-corrected chi connectivity index (χ3v) is 6.02. The van der Waals surface area contributed by atoms with E-state index in [9.17, 15) is 13.2 Å². The fourth-order valence-corrected chi connectivity index (χ4v) is 4.06. The summed E-state index contributed by atoms with van der Waals surface area (Å²) in [4.78, 5) is 12.6. The molecular formula is C19H24N2O4S. The van der Waals surface area contributed by atoms with E-state index in [-0.39, 0.29) is 10.8 Å². The van der Waals surface area contributed by atoms with Crippen LogP contribution in [0.2, 0.25) is 0 Å². The number of methoxy groups -OCH3 is 1. The summed E-state index contributed by atoms with van der Waals surface area (Å²) in [6.07, 6.45) is 0. The zero-order valence-electron chi connectivity index (χ0n) is 15.2. The molecule has 0 aromatic heterocycles. The minimum atomic E-state index is -3.53. The molecule has 0 aliphatic heterocycles. The zero-order chi connectivity index (χ0) is 19.2. The van der Waals surface area contributed by atoms with E-state index in [1.54, 1.807) is 27.0 Å². The first-order chi connectivity index (χ1) is 12.4. The molecule has 0 heterocycles. The average molecular weight is 376 g/mol. The van der Waals surface area contributed by atoms with E-state index < -0.39 is 10.0 Å². The Balaban J connectivity index is 2.15. The second-order valence-corrected chi connectivity index (χ2v) is 7.64. The molecule has 0 atom stereocenters. The van der Waals surface area contributed by atoms with Gasteiger partial charge in [0.15, 0.2) is 0 Å². The van der Waals surface area contributed by atoms with Gasteiger partial charge in [0.1, 0.15) is 0 Å². The van der Waals surface area contributed by atoms with Crippen LogP contribution in [0.4, 0.5) is 5.69 Å². The molecule has 0 saturated heterocycles. The molecule has 6 nitrogen and oxygen atoms in total. The second-order valence-electron chi connectivity index (χ2n) is 5.70. The summed E-state index contributed by atoms with van der Waals surface area (Å²) in [5.41, 5.74) is 2.00. The van der Waals surface area contributed by atoms with Crippen LogP contribution in [-0.4, -0.2) is 38.8 Å². The third kappa shape index (κ3) is 4.69. The first-order valence-corrected chi connectivity index (χ1v) is 9.85. The molecule has 2 aromatic carbocycles. The summed E-state index contributed by atoms with van der Waals surface area (Å²) in [6, 6.07) is 13.3. The van der Waals surface area contributed by atoms with Gasteiger partial charge in [0.2, 0.25) is 10.0 Å². The summed E-state index contributed by atoms with van der Waals surface area (Å²) < 4.78 is 31.4. The van der Waals surface area contributed by atoms with Gasteiger partial charge >= 0.3 is 0 Å². The molecule has 140 valence electrons. The van der Waals surface area contributed by atoms with Crippen molar-refractivity contribution in [1.29, 1.82) is 0 Å². The first-order valence-electron chi connectivity index (χ1n) is 8.41. The molecule has 0 spiro atoms. The Morgan fingerprint density at radius 3 is 2.31 bits per heavy atom. The molecule has 2 aromatic rings. The number of benzene rings is 2. The Morgan fingerprint density at radius 2 is 1.73 bits per heavy atom. The van der Waals surface area contributed by atoms with Crippen molar-refractivity contribution in [2.45, 2.75) is 25.3 Å². The number of carbonyl (C=O) groups excluding carboxylic acids is 1. The third-order valence-electron chi connectivity index (χ3n) is 3.96. The van der Waals surface area contributed by atoms with Crippen LogP contribution in [0, 0.1) is 0 Å². The van der Waals surface area contributed by atoms with Crippen LogP contribution in [0.5, 0.6) is 0 Å². The van der Waals surface area contributed by atoms with Gasteiger partial charge in [0, 0.05) is 31.5 Å². The quantitative estimate of drug-likeness (QED) is 0.768. The number of amides is 1. The molecule has 0 radical (unpaired) electrons. The lowest BCUT2D eigenvalue weighted by Crippen LogP contribution is -2.30. The number of nitrogens with zero attached hydrogens (tertiary/aromatic N) is 1. The van der Waals surface area contributed by atoms with Crippen LogP contribution in [0.25, 0.3) is 0 Å². The van der Waals surface area contributed by atoms with E-state index in [2.05, 4.69) is 5.32 Å². The second kappa shape index (κ2) is 8.93. The number of sulfonamides is 1. The van der Waals surface area contributed by atoms with Crippen molar-refractivity contribution in [3.63, 3.8) is 0 Å². The summed E-state index contributed by atoms with van der Waals surface area (Å²) in [6.45, 7) is 4.85. The highest BCUT2D eigenvalue weighted by Gasteiger charge is 2.21. The summed E-state index contributed by atoms with van der Waals surface area (Å²) in [5.74, 6) is -0.300. The van der Waals surface area contributed by atoms with Crippen molar-refractivity contribution in [2.75, 3.05) is 25.5 Å². The van der Waals surface area contributed by atoms with E-state index in [1.807, 2.05) is 18.2 Å². The van der Waals surface area contributed by atoms with E-state index in [0.29, 0.717) is 30.9 Å². The van der Waals surface area contributed by atoms with Crippen LogP contribution in [0.15, 0.2) is 53.4 Å². The minimum absolute atomic E-state index is 0.180. The predicted octanol–water partition coefficient (Wildman–Crippen LogP) is 3.12. The van der Waals surface area contributed by atoms with Crippen molar-refractivity contribution in [3.05, 3.63) is 59.7 Å². The molecule has 1 amide bonds. The van der Waals surface area contributed by atoms with Crippen LogP contribution in [0.3, 0.4) is 0 Å². The lowest BCUT2D eigenvalue weighted by molar-refractivity contribution is 0.102. The average Bonchev–Trinajstić information content (AvgIpc) is 2.63. The maximum atomic E-state index is 12.5. The fraction of sp³-hybridized carbons (Fsp3) is 0.316. The Labute approximate surface area is 154 Å². The topological polar surface area (TPSA) is 75.7 Å². The lowest BCUT2D eigenvalue weighted by Gasteiger charge is -2.18. The fourth-order valence-electron chi connectivity index (χ4n) is 2.60. The van der Waals surface area contributed by atoms with Crippen LogP contribution < -0.4 is 5.32 Å². The molecule has 0 fully saturated rings. The van der Waals surface area contributed by atoms with Gasteiger partial charge < -0.3 is 10.1 Å². The first kappa shape index (κ1) is 20.1. The highest BCUT2D eigenvalue weighted by molar-refractivity contribution is 7.89. The zero-order valence-corrected chi connectivity index (χ0v) is 16.0. The van der Waals surface area contributed by atoms with Gasteiger partial charge in [-0.2, -0.15) is 4.31 Å².